The zero-order chi connectivity index (χ0) is 23.3. The van der Waals surface area contributed by atoms with Crippen molar-refractivity contribution in [2.75, 3.05) is 26.3 Å². The fourth-order valence-corrected chi connectivity index (χ4v) is 3.83. The zero-order valence-corrected chi connectivity index (χ0v) is 18.7. The highest BCUT2D eigenvalue weighted by Crippen LogP contribution is 2.30. The Morgan fingerprint density at radius 3 is 2.41 bits per heavy atom. The smallest absolute Gasteiger partial charge is 0.341 e. The van der Waals surface area contributed by atoms with Gasteiger partial charge in [0, 0.05) is 42.8 Å². The molecule has 1 aliphatic heterocycles. The number of carbonyl (C=O) groups is 2. The van der Waals surface area contributed by atoms with Crippen molar-refractivity contribution in [3.05, 3.63) is 58.9 Å². The van der Waals surface area contributed by atoms with E-state index in [1.807, 2.05) is 13.8 Å². The molecule has 0 saturated carbocycles. The minimum absolute atomic E-state index is 0.0318. The van der Waals surface area contributed by atoms with Crippen molar-refractivity contribution in [1.29, 1.82) is 0 Å². The Balaban J connectivity index is 1.58. The van der Waals surface area contributed by atoms with Crippen molar-refractivity contribution in [2.24, 2.45) is 0 Å². The predicted molar refractivity (Wildman–Crippen MR) is 118 cm³/mol. The molecule has 0 aliphatic carbocycles. The van der Waals surface area contributed by atoms with Gasteiger partial charge in [-0.3, -0.25) is 9.69 Å². The lowest BCUT2D eigenvalue weighted by molar-refractivity contribution is -0.140. The summed E-state index contributed by atoms with van der Waals surface area (Å²) in [6.07, 6.45) is 0. The summed E-state index contributed by atoms with van der Waals surface area (Å²) in [5.74, 6) is -1.15. The van der Waals surface area contributed by atoms with Gasteiger partial charge in [0.05, 0.1) is 0 Å². The van der Waals surface area contributed by atoms with Crippen molar-refractivity contribution in [1.82, 2.24) is 9.80 Å². The molecule has 9 heteroatoms. The summed E-state index contributed by atoms with van der Waals surface area (Å²) in [6, 6.07) is 11.1. The SMILES string of the molecule is CC1CN(C(=O)COc2ccc(Cl)cc2OCC(=O)O)C(C)CN1Cc1ccc(F)cc1. The molecule has 2 aromatic carbocycles. The minimum Gasteiger partial charge on any atom is -0.480 e. The fourth-order valence-electron chi connectivity index (χ4n) is 3.67. The molecule has 1 heterocycles. The normalized spacial score (nSPS) is 18.9. The molecule has 0 bridgehead atoms. The number of aliphatic carboxylic acids is 1. The van der Waals surface area contributed by atoms with Crippen LogP contribution in [0.25, 0.3) is 0 Å². The first-order chi connectivity index (χ1) is 15.2. The third-order valence-corrected chi connectivity index (χ3v) is 5.58. The molecule has 7 nitrogen and oxygen atoms in total. The van der Waals surface area contributed by atoms with Crippen LogP contribution in [-0.2, 0) is 16.1 Å². The van der Waals surface area contributed by atoms with Crippen molar-refractivity contribution in [3.8, 4) is 11.5 Å². The summed E-state index contributed by atoms with van der Waals surface area (Å²) in [4.78, 5) is 27.7. The van der Waals surface area contributed by atoms with Crippen LogP contribution in [0.5, 0.6) is 11.5 Å². The number of carboxylic acid groups (broad SMARTS) is 1. The standard InChI is InChI=1S/C23H26ClFN2O5/c1-15-11-27(16(2)10-26(15)12-17-3-6-19(25)7-4-17)22(28)13-31-20-8-5-18(24)9-21(20)32-14-23(29)30/h3-9,15-16H,10-14H2,1-2H3,(H,29,30). The number of hydrogen-bond donors (Lipinski definition) is 1. The van der Waals surface area contributed by atoms with Gasteiger partial charge in [-0.25, -0.2) is 9.18 Å². The summed E-state index contributed by atoms with van der Waals surface area (Å²) in [5, 5.41) is 9.19. The average Bonchev–Trinajstić information content (AvgIpc) is 2.75. The number of carboxylic acids is 1. The Bertz CT molecular complexity index is 956. The van der Waals surface area contributed by atoms with Crippen LogP contribution in [0.1, 0.15) is 19.4 Å². The van der Waals surface area contributed by atoms with Gasteiger partial charge >= 0.3 is 5.97 Å². The number of hydrogen-bond acceptors (Lipinski definition) is 5. The quantitative estimate of drug-likeness (QED) is 0.644. The molecule has 1 N–H and O–H groups in total. The van der Waals surface area contributed by atoms with Gasteiger partial charge in [-0.05, 0) is 43.7 Å². The summed E-state index contributed by atoms with van der Waals surface area (Å²) in [6.45, 7) is 5.17. The molecule has 2 atom stereocenters. The number of amides is 1. The van der Waals surface area contributed by atoms with Crippen molar-refractivity contribution in [2.45, 2.75) is 32.5 Å². The molecule has 3 rings (SSSR count). The van der Waals surface area contributed by atoms with E-state index in [2.05, 4.69) is 4.90 Å². The van der Waals surface area contributed by atoms with Crippen molar-refractivity contribution < 1.29 is 28.6 Å². The Morgan fingerprint density at radius 2 is 1.72 bits per heavy atom. The van der Waals surface area contributed by atoms with E-state index in [1.165, 1.54) is 18.2 Å². The summed E-state index contributed by atoms with van der Waals surface area (Å²) in [5.41, 5.74) is 1.02. The molecule has 1 saturated heterocycles. The molecule has 0 aromatic heterocycles. The van der Waals surface area contributed by atoms with Gasteiger partial charge in [0.25, 0.3) is 5.91 Å². The summed E-state index contributed by atoms with van der Waals surface area (Å²) < 4.78 is 24.0. The highest BCUT2D eigenvalue weighted by atomic mass is 35.5. The second-order valence-electron chi connectivity index (χ2n) is 7.86. The molecule has 1 aliphatic rings. The first-order valence-corrected chi connectivity index (χ1v) is 10.7. The number of piperazine rings is 1. The average molecular weight is 465 g/mol. The van der Waals surface area contributed by atoms with E-state index in [0.29, 0.717) is 24.7 Å². The second kappa shape index (κ2) is 10.7. The van der Waals surface area contributed by atoms with E-state index in [1.54, 1.807) is 29.2 Å². The van der Waals surface area contributed by atoms with Crippen LogP contribution < -0.4 is 9.47 Å². The van der Waals surface area contributed by atoms with Crippen molar-refractivity contribution in [3.63, 3.8) is 0 Å². The van der Waals surface area contributed by atoms with Gasteiger partial charge < -0.3 is 19.5 Å². The lowest BCUT2D eigenvalue weighted by Gasteiger charge is -2.44. The lowest BCUT2D eigenvalue weighted by atomic mass is 10.1. The van der Waals surface area contributed by atoms with Crippen LogP contribution in [0, 0.1) is 5.82 Å². The lowest BCUT2D eigenvalue weighted by Crippen LogP contribution is -2.58. The van der Waals surface area contributed by atoms with Crippen LogP contribution in [0.3, 0.4) is 0 Å². The second-order valence-corrected chi connectivity index (χ2v) is 8.30. The monoisotopic (exact) mass is 464 g/mol. The Morgan fingerprint density at radius 1 is 1.03 bits per heavy atom. The van der Waals surface area contributed by atoms with Crippen LogP contribution in [-0.4, -0.2) is 65.2 Å². The topological polar surface area (TPSA) is 79.3 Å². The van der Waals surface area contributed by atoms with E-state index in [-0.39, 0.29) is 41.9 Å². The Hall–Kier alpha value is -2.84. The van der Waals surface area contributed by atoms with Crippen LogP contribution in [0.4, 0.5) is 4.39 Å². The molecule has 2 unspecified atom stereocenters. The number of halogens is 2. The molecule has 32 heavy (non-hydrogen) atoms. The minimum atomic E-state index is -1.13. The molecular formula is C23H26ClFN2O5. The first-order valence-electron chi connectivity index (χ1n) is 10.3. The van der Waals surface area contributed by atoms with Crippen LogP contribution >= 0.6 is 11.6 Å². The Kier molecular flexibility index (Phi) is 7.93. The van der Waals surface area contributed by atoms with Gasteiger partial charge in [-0.2, -0.15) is 0 Å². The van der Waals surface area contributed by atoms with E-state index >= 15 is 0 Å². The molecule has 0 spiro atoms. The third kappa shape index (κ3) is 6.34. The highest BCUT2D eigenvalue weighted by molar-refractivity contribution is 6.30. The third-order valence-electron chi connectivity index (χ3n) is 5.34. The van der Waals surface area contributed by atoms with Crippen LogP contribution in [0.2, 0.25) is 5.02 Å². The number of benzene rings is 2. The number of carbonyl (C=O) groups excluding carboxylic acids is 1. The van der Waals surface area contributed by atoms with E-state index < -0.39 is 12.6 Å². The summed E-state index contributed by atoms with van der Waals surface area (Å²) >= 11 is 5.95. The maximum Gasteiger partial charge on any atom is 0.341 e. The van der Waals surface area contributed by atoms with Crippen LogP contribution in [0.15, 0.2) is 42.5 Å². The zero-order valence-electron chi connectivity index (χ0n) is 18.0. The van der Waals surface area contributed by atoms with Crippen molar-refractivity contribution >= 4 is 23.5 Å². The predicted octanol–water partition coefficient (Wildman–Crippen LogP) is 3.44. The molecule has 2 aromatic rings. The first kappa shape index (κ1) is 23.8. The Labute approximate surface area is 191 Å². The van der Waals surface area contributed by atoms with E-state index in [0.717, 1.165) is 5.56 Å². The molecular weight excluding hydrogens is 439 g/mol. The van der Waals surface area contributed by atoms with Gasteiger partial charge in [0.2, 0.25) is 0 Å². The van der Waals surface area contributed by atoms with Gasteiger partial charge in [-0.1, -0.05) is 23.7 Å². The number of rotatable bonds is 8. The number of nitrogens with zero attached hydrogens (tertiary/aromatic N) is 2. The van der Waals surface area contributed by atoms with Gasteiger partial charge in [0.1, 0.15) is 5.82 Å². The molecule has 0 radical (unpaired) electrons. The fraction of sp³-hybridized carbons (Fsp3) is 0.391. The van der Waals surface area contributed by atoms with Gasteiger partial charge in [0.15, 0.2) is 24.7 Å². The molecule has 172 valence electrons. The highest BCUT2D eigenvalue weighted by Gasteiger charge is 2.32. The molecule has 1 amide bonds. The molecule has 1 fully saturated rings. The van der Waals surface area contributed by atoms with Gasteiger partial charge in [-0.15, -0.1) is 0 Å². The maximum absolute atomic E-state index is 13.2. The van der Waals surface area contributed by atoms with E-state index in [9.17, 15) is 14.0 Å². The largest absolute Gasteiger partial charge is 0.480 e. The number of ether oxygens (including phenoxy) is 2. The maximum atomic E-state index is 13.2. The summed E-state index contributed by atoms with van der Waals surface area (Å²) in [7, 11) is 0. The van der Waals surface area contributed by atoms with E-state index in [4.69, 9.17) is 26.2 Å².